The summed E-state index contributed by atoms with van der Waals surface area (Å²) in [6.45, 7) is 1.52. The van der Waals surface area contributed by atoms with E-state index >= 15 is 0 Å². The second-order valence-corrected chi connectivity index (χ2v) is 5.49. The molecule has 19 heavy (non-hydrogen) atoms. The maximum atomic E-state index is 12.2. The lowest BCUT2D eigenvalue weighted by atomic mass is 10.1. The van der Waals surface area contributed by atoms with E-state index in [9.17, 15) is 10.1 Å². The summed E-state index contributed by atoms with van der Waals surface area (Å²) in [6.07, 6.45) is 4.88. The first kappa shape index (κ1) is 13.8. The quantitative estimate of drug-likeness (QED) is 0.620. The Morgan fingerprint density at radius 1 is 1.32 bits per heavy atom. The molecule has 3 nitrogen and oxygen atoms in total. The van der Waals surface area contributed by atoms with Crippen molar-refractivity contribution in [3.63, 3.8) is 0 Å². The number of rotatable bonds is 2. The fraction of sp³-hybridized carbons (Fsp3) is 0.333. The third-order valence-corrected chi connectivity index (χ3v) is 3.65. The molecule has 1 aliphatic heterocycles. The van der Waals surface area contributed by atoms with Gasteiger partial charge in [0.1, 0.15) is 11.6 Å². The standard InChI is InChI=1S/C15H15BrN2O/c16-14-6-4-5-12(10-14)9-13(11-17)15(19)18-7-2-1-3-8-18/h4-6,9-10H,1-3,7-8H2/b13-9+. The van der Waals surface area contributed by atoms with Crippen LogP contribution in [0.4, 0.5) is 0 Å². The molecule has 0 radical (unpaired) electrons. The zero-order valence-corrected chi connectivity index (χ0v) is 12.2. The van der Waals surface area contributed by atoms with E-state index in [4.69, 9.17) is 0 Å². The lowest BCUT2D eigenvalue weighted by molar-refractivity contribution is -0.127. The summed E-state index contributed by atoms with van der Waals surface area (Å²) < 4.78 is 0.934. The summed E-state index contributed by atoms with van der Waals surface area (Å²) in [7, 11) is 0. The molecule has 1 aromatic rings. The van der Waals surface area contributed by atoms with Crippen molar-refractivity contribution in [2.75, 3.05) is 13.1 Å². The van der Waals surface area contributed by atoms with Gasteiger partial charge in [0.05, 0.1) is 0 Å². The molecule has 0 bridgehead atoms. The summed E-state index contributed by atoms with van der Waals surface area (Å²) >= 11 is 3.38. The van der Waals surface area contributed by atoms with Gasteiger partial charge in [-0.05, 0) is 43.0 Å². The Hall–Kier alpha value is -1.60. The molecule has 0 N–H and O–H groups in total. The minimum Gasteiger partial charge on any atom is -0.338 e. The Kier molecular flexibility index (Phi) is 4.75. The van der Waals surface area contributed by atoms with Crippen LogP contribution in [0.1, 0.15) is 24.8 Å². The molecule has 98 valence electrons. The average molecular weight is 319 g/mol. The second-order valence-electron chi connectivity index (χ2n) is 4.58. The van der Waals surface area contributed by atoms with Crippen LogP contribution < -0.4 is 0 Å². The Morgan fingerprint density at radius 2 is 2.05 bits per heavy atom. The van der Waals surface area contributed by atoms with E-state index in [0.29, 0.717) is 0 Å². The predicted molar refractivity (Wildman–Crippen MR) is 78.2 cm³/mol. The molecule has 0 aliphatic carbocycles. The number of benzene rings is 1. The van der Waals surface area contributed by atoms with Gasteiger partial charge >= 0.3 is 0 Å². The molecule has 0 aromatic heterocycles. The van der Waals surface area contributed by atoms with Crippen LogP contribution in [0.25, 0.3) is 6.08 Å². The average Bonchev–Trinajstić information content (AvgIpc) is 2.45. The number of halogens is 1. The SMILES string of the molecule is N#C/C(=C\c1cccc(Br)c1)C(=O)N1CCCCC1. The molecule has 0 unspecified atom stereocenters. The van der Waals surface area contributed by atoms with Gasteiger partial charge < -0.3 is 4.90 Å². The van der Waals surface area contributed by atoms with Crippen LogP contribution in [0.2, 0.25) is 0 Å². The number of carbonyl (C=O) groups is 1. The normalized spacial score (nSPS) is 16.0. The van der Waals surface area contributed by atoms with Crippen LogP contribution in [0.5, 0.6) is 0 Å². The number of hydrogen-bond acceptors (Lipinski definition) is 2. The van der Waals surface area contributed by atoms with E-state index in [1.165, 1.54) is 6.42 Å². The van der Waals surface area contributed by atoms with Crippen molar-refractivity contribution in [3.05, 3.63) is 39.9 Å². The molecule has 4 heteroatoms. The van der Waals surface area contributed by atoms with Crippen molar-refractivity contribution in [3.8, 4) is 6.07 Å². The van der Waals surface area contributed by atoms with Gasteiger partial charge in [0.25, 0.3) is 5.91 Å². The summed E-state index contributed by atoms with van der Waals surface area (Å²) in [6, 6.07) is 9.59. The van der Waals surface area contributed by atoms with Gasteiger partial charge in [-0.15, -0.1) is 0 Å². The highest BCUT2D eigenvalue weighted by Crippen LogP contribution is 2.17. The van der Waals surface area contributed by atoms with Gasteiger partial charge in [-0.25, -0.2) is 0 Å². The number of nitriles is 1. The van der Waals surface area contributed by atoms with Crippen molar-refractivity contribution >= 4 is 27.9 Å². The molecule has 1 aromatic carbocycles. The van der Waals surface area contributed by atoms with Crippen LogP contribution >= 0.6 is 15.9 Å². The molecular formula is C15H15BrN2O. The molecule has 1 heterocycles. The van der Waals surface area contributed by atoms with Crippen LogP contribution in [-0.4, -0.2) is 23.9 Å². The van der Waals surface area contributed by atoms with Crippen LogP contribution in [-0.2, 0) is 4.79 Å². The van der Waals surface area contributed by atoms with Crippen molar-refractivity contribution in [2.45, 2.75) is 19.3 Å². The number of hydrogen-bond donors (Lipinski definition) is 0. The number of nitrogens with zero attached hydrogens (tertiary/aromatic N) is 2. The molecular weight excluding hydrogens is 304 g/mol. The van der Waals surface area contributed by atoms with Gasteiger partial charge in [-0.3, -0.25) is 4.79 Å². The maximum absolute atomic E-state index is 12.2. The minimum absolute atomic E-state index is 0.151. The van der Waals surface area contributed by atoms with Gasteiger partial charge in [0.15, 0.2) is 0 Å². The highest BCUT2D eigenvalue weighted by molar-refractivity contribution is 9.10. The lowest BCUT2D eigenvalue weighted by Gasteiger charge is -2.26. The largest absolute Gasteiger partial charge is 0.338 e. The van der Waals surface area contributed by atoms with E-state index in [2.05, 4.69) is 15.9 Å². The van der Waals surface area contributed by atoms with Crippen molar-refractivity contribution in [1.29, 1.82) is 5.26 Å². The molecule has 2 rings (SSSR count). The van der Waals surface area contributed by atoms with Gasteiger partial charge in [-0.1, -0.05) is 28.1 Å². The number of carbonyl (C=O) groups excluding carboxylic acids is 1. The third kappa shape index (κ3) is 3.68. The molecule has 0 atom stereocenters. The highest BCUT2D eigenvalue weighted by Gasteiger charge is 2.20. The van der Waals surface area contributed by atoms with Crippen LogP contribution in [0.15, 0.2) is 34.3 Å². The Balaban J connectivity index is 2.19. The third-order valence-electron chi connectivity index (χ3n) is 3.15. The second kappa shape index (κ2) is 6.53. The zero-order valence-electron chi connectivity index (χ0n) is 10.6. The number of likely N-dealkylation sites (tertiary alicyclic amines) is 1. The smallest absolute Gasteiger partial charge is 0.264 e. The van der Waals surface area contributed by atoms with Gasteiger partial charge in [0.2, 0.25) is 0 Å². The van der Waals surface area contributed by atoms with E-state index in [-0.39, 0.29) is 11.5 Å². The molecule has 1 fully saturated rings. The molecule has 1 aliphatic rings. The molecule has 0 spiro atoms. The fourth-order valence-electron chi connectivity index (χ4n) is 2.17. The van der Waals surface area contributed by atoms with E-state index in [0.717, 1.165) is 36.0 Å². The monoisotopic (exact) mass is 318 g/mol. The first-order valence-corrected chi connectivity index (χ1v) is 7.16. The van der Waals surface area contributed by atoms with Gasteiger partial charge in [-0.2, -0.15) is 5.26 Å². The molecule has 0 saturated carbocycles. The molecule has 1 amide bonds. The predicted octanol–water partition coefficient (Wildman–Crippen LogP) is 3.37. The van der Waals surface area contributed by atoms with Gasteiger partial charge in [0, 0.05) is 17.6 Å². The van der Waals surface area contributed by atoms with Crippen molar-refractivity contribution < 1.29 is 4.79 Å². The number of amides is 1. The summed E-state index contributed by atoms with van der Waals surface area (Å²) in [4.78, 5) is 14.0. The summed E-state index contributed by atoms with van der Waals surface area (Å²) in [5.41, 5.74) is 1.07. The Bertz CT molecular complexity index is 539. The zero-order chi connectivity index (χ0) is 13.7. The first-order chi connectivity index (χ1) is 9.20. The first-order valence-electron chi connectivity index (χ1n) is 6.37. The topological polar surface area (TPSA) is 44.1 Å². The fourth-order valence-corrected chi connectivity index (χ4v) is 2.59. The maximum Gasteiger partial charge on any atom is 0.264 e. The summed E-state index contributed by atoms with van der Waals surface area (Å²) in [5, 5.41) is 9.18. The van der Waals surface area contributed by atoms with Crippen molar-refractivity contribution in [2.24, 2.45) is 0 Å². The lowest BCUT2D eigenvalue weighted by Crippen LogP contribution is -2.36. The highest BCUT2D eigenvalue weighted by atomic mass is 79.9. The minimum atomic E-state index is -0.151. The van der Waals surface area contributed by atoms with Crippen LogP contribution in [0.3, 0.4) is 0 Å². The van der Waals surface area contributed by atoms with E-state index < -0.39 is 0 Å². The van der Waals surface area contributed by atoms with E-state index in [1.54, 1.807) is 11.0 Å². The number of piperidine rings is 1. The van der Waals surface area contributed by atoms with Crippen LogP contribution in [0, 0.1) is 11.3 Å². The Morgan fingerprint density at radius 3 is 2.68 bits per heavy atom. The summed E-state index contributed by atoms with van der Waals surface area (Å²) in [5.74, 6) is -0.151. The Labute approximate surface area is 121 Å². The van der Waals surface area contributed by atoms with Crippen molar-refractivity contribution in [1.82, 2.24) is 4.90 Å². The molecule has 1 saturated heterocycles. The van der Waals surface area contributed by atoms with E-state index in [1.807, 2.05) is 30.3 Å².